The third-order valence-corrected chi connectivity index (χ3v) is 5.80. The first-order valence-corrected chi connectivity index (χ1v) is 10.2. The first kappa shape index (κ1) is 20.2. The number of benzene rings is 2. The van der Waals surface area contributed by atoms with Gasteiger partial charge in [0.2, 0.25) is 11.8 Å². The summed E-state index contributed by atoms with van der Waals surface area (Å²) in [6, 6.07) is 12.2. The molecule has 4 rings (SSSR count). The Kier molecular flexibility index (Phi) is 5.63. The molecule has 1 N–H and O–H groups in total. The molecule has 2 aliphatic rings. The molecule has 0 spiro atoms. The summed E-state index contributed by atoms with van der Waals surface area (Å²) in [6.45, 7) is 0.911. The number of piperidine rings is 1. The maximum Gasteiger partial charge on any atom is 0.257 e. The second kappa shape index (κ2) is 8.36. The van der Waals surface area contributed by atoms with Gasteiger partial charge in [-0.2, -0.15) is 0 Å². The molecule has 1 fully saturated rings. The van der Waals surface area contributed by atoms with Crippen LogP contribution in [0.25, 0.3) is 0 Å². The molecule has 2 heterocycles. The van der Waals surface area contributed by atoms with Crippen molar-refractivity contribution in [2.75, 3.05) is 37.0 Å². The minimum absolute atomic E-state index is 0.00864. The van der Waals surface area contributed by atoms with Gasteiger partial charge >= 0.3 is 0 Å². The molecule has 3 amide bonds. The van der Waals surface area contributed by atoms with Gasteiger partial charge in [-0.25, -0.2) is 0 Å². The van der Waals surface area contributed by atoms with E-state index >= 15 is 0 Å². The minimum atomic E-state index is -0.241. The molecule has 30 heavy (non-hydrogen) atoms. The fraction of sp³-hybridized carbons (Fsp3) is 0.318. The topological polar surface area (TPSA) is 79.0 Å². The van der Waals surface area contributed by atoms with Crippen LogP contribution < -0.4 is 15.0 Å². The van der Waals surface area contributed by atoms with Gasteiger partial charge in [-0.1, -0.05) is 23.7 Å². The molecule has 2 aliphatic heterocycles. The van der Waals surface area contributed by atoms with Crippen molar-refractivity contribution in [3.63, 3.8) is 0 Å². The number of anilines is 2. The molecular formula is C22H22ClN3O4. The van der Waals surface area contributed by atoms with Crippen molar-refractivity contribution < 1.29 is 19.1 Å². The molecule has 0 aliphatic carbocycles. The summed E-state index contributed by atoms with van der Waals surface area (Å²) in [4.78, 5) is 41.4. The number of amides is 3. The van der Waals surface area contributed by atoms with E-state index in [1.807, 2.05) is 18.2 Å². The van der Waals surface area contributed by atoms with Crippen LogP contribution in [0.3, 0.4) is 0 Å². The SMILES string of the molecule is COc1ccc(Cl)cc1C(=O)N1CCC(C(=O)N2CC(=O)Nc3ccccc32)CC1. The Morgan fingerprint density at radius 2 is 1.87 bits per heavy atom. The Balaban J connectivity index is 1.45. The molecule has 2 aromatic rings. The van der Waals surface area contributed by atoms with Crippen molar-refractivity contribution >= 4 is 40.7 Å². The smallest absolute Gasteiger partial charge is 0.257 e. The number of para-hydroxylation sites is 2. The highest BCUT2D eigenvalue weighted by atomic mass is 35.5. The second-order valence-corrected chi connectivity index (χ2v) is 7.84. The molecule has 0 unspecified atom stereocenters. The maximum absolute atomic E-state index is 13.2. The second-order valence-electron chi connectivity index (χ2n) is 7.40. The number of nitrogens with one attached hydrogen (secondary N) is 1. The van der Waals surface area contributed by atoms with Gasteiger partial charge in [-0.05, 0) is 43.2 Å². The van der Waals surface area contributed by atoms with E-state index in [4.69, 9.17) is 16.3 Å². The van der Waals surface area contributed by atoms with E-state index < -0.39 is 0 Å². The minimum Gasteiger partial charge on any atom is -0.496 e. The Hall–Kier alpha value is -3.06. The molecule has 0 aromatic heterocycles. The highest BCUT2D eigenvalue weighted by Gasteiger charge is 2.34. The standard InChI is InChI=1S/C22H22ClN3O4/c1-30-19-7-6-15(23)12-16(19)22(29)25-10-8-14(9-11-25)21(28)26-13-20(27)24-17-4-2-3-5-18(17)26/h2-7,12,14H,8-11,13H2,1H3,(H,24,27). The first-order chi connectivity index (χ1) is 14.5. The van der Waals surface area contributed by atoms with Gasteiger partial charge < -0.3 is 19.9 Å². The zero-order valence-corrected chi connectivity index (χ0v) is 17.3. The number of hydrogen-bond acceptors (Lipinski definition) is 4. The van der Waals surface area contributed by atoms with E-state index in [-0.39, 0.29) is 30.2 Å². The number of rotatable bonds is 3. The fourth-order valence-corrected chi connectivity index (χ4v) is 4.17. The number of fused-ring (bicyclic) bond motifs is 1. The summed E-state index contributed by atoms with van der Waals surface area (Å²) in [5.74, 6) is -0.219. The van der Waals surface area contributed by atoms with E-state index in [2.05, 4.69) is 5.32 Å². The van der Waals surface area contributed by atoms with Crippen molar-refractivity contribution in [2.24, 2.45) is 5.92 Å². The van der Waals surface area contributed by atoms with Crippen LogP contribution in [0, 0.1) is 5.92 Å². The van der Waals surface area contributed by atoms with Gasteiger partial charge in [-0.3, -0.25) is 14.4 Å². The van der Waals surface area contributed by atoms with Gasteiger partial charge in [0.05, 0.1) is 24.0 Å². The van der Waals surface area contributed by atoms with Crippen molar-refractivity contribution in [2.45, 2.75) is 12.8 Å². The number of ether oxygens (including phenoxy) is 1. The summed E-state index contributed by atoms with van der Waals surface area (Å²) in [5, 5.41) is 3.26. The van der Waals surface area contributed by atoms with Crippen LogP contribution in [0.4, 0.5) is 11.4 Å². The van der Waals surface area contributed by atoms with Crippen molar-refractivity contribution in [3.05, 3.63) is 53.1 Å². The summed E-state index contributed by atoms with van der Waals surface area (Å²) < 4.78 is 5.29. The third kappa shape index (κ3) is 3.85. The molecule has 8 heteroatoms. The largest absolute Gasteiger partial charge is 0.496 e. The zero-order chi connectivity index (χ0) is 21.3. The lowest BCUT2D eigenvalue weighted by Crippen LogP contribution is -2.48. The van der Waals surface area contributed by atoms with Crippen LogP contribution in [-0.2, 0) is 9.59 Å². The molecule has 1 saturated heterocycles. The van der Waals surface area contributed by atoms with E-state index in [0.717, 1.165) is 0 Å². The summed E-state index contributed by atoms with van der Waals surface area (Å²) in [6.07, 6.45) is 1.07. The van der Waals surface area contributed by atoms with Gasteiger partial charge in [-0.15, -0.1) is 0 Å². The quantitative estimate of drug-likeness (QED) is 0.815. The number of carbonyl (C=O) groups is 3. The van der Waals surface area contributed by atoms with Gasteiger partial charge in [0.15, 0.2) is 0 Å². The van der Waals surface area contributed by atoms with Crippen molar-refractivity contribution in [1.82, 2.24) is 4.90 Å². The van der Waals surface area contributed by atoms with Crippen LogP contribution in [-0.4, -0.2) is 49.4 Å². The number of nitrogens with zero attached hydrogens (tertiary/aromatic N) is 2. The van der Waals surface area contributed by atoms with E-state index in [0.29, 0.717) is 53.6 Å². The van der Waals surface area contributed by atoms with Crippen LogP contribution in [0.2, 0.25) is 5.02 Å². The van der Waals surface area contributed by atoms with Crippen LogP contribution in [0.5, 0.6) is 5.75 Å². The van der Waals surface area contributed by atoms with Crippen molar-refractivity contribution in [3.8, 4) is 5.75 Å². The van der Waals surface area contributed by atoms with Crippen LogP contribution >= 0.6 is 11.6 Å². The number of halogens is 1. The predicted octanol–water partition coefficient (Wildman–Crippen LogP) is 3.19. The third-order valence-electron chi connectivity index (χ3n) is 5.56. The zero-order valence-electron chi connectivity index (χ0n) is 16.6. The van der Waals surface area contributed by atoms with E-state index in [1.54, 1.807) is 34.1 Å². The molecule has 0 atom stereocenters. The number of carbonyl (C=O) groups excluding carboxylic acids is 3. The highest BCUT2D eigenvalue weighted by molar-refractivity contribution is 6.31. The lowest BCUT2D eigenvalue weighted by molar-refractivity contribution is -0.125. The fourth-order valence-electron chi connectivity index (χ4n) is 4.00. The molecule has 0 saturated carbocycles. The van der Waals surface area contributed by atoms with Gasteiger partial charge in [0.1, 0.15) is 12.3 Å². The Bertz CT molecular complexity index is 1000. The van der Waals surface area contributed by atoms with Crippen LogP contribution in [0.1, 0.15) is 23.2 Å². The summed E-state index contributed by atoms with van der Waals surface area (Å²) >= 11 is 6.05. The summed E-state index contributed by atoms with van der Waals surface area (Å²) in [7, 11) is 1.51. The maximum atomic E-state index is 13.2. The number of methoxy groups -OCH3 is 1. The molecular weight excluding hydrogens is 406 g/mol. The lowest BCUT2D eigenvalue weighted by atomic mass is 9.94. The highest BCUT2D eigenvalue weighted by Crippen LogP contribution is 2.32. The Labute approximate surface area is 179 Å². The Morgan fingerprint density at radius 1 is 1.13 bits per heavy atom. The number of likely N-dealkylation sites (tertiary alicyclic amines) is 1. The average molecular weight is 428 g/mol. The predicted molar refractivity (Wildman–Crippen MR) is 114 cm³/mol. The average Bonchev–Trinajstić information content (AvgIpc) is 2.77. The molecule has 0 bridgehead atoms. The normalized spacial score (nSPS) is 16.7. The number of hydrogen-bond donors (Lipinski definition) is 1. The first-order valence-electron chi connectivity index (χ1n) is 9.81. The van der Waals surface area contributed by atoms with Crippen molar-refractivity contribution in [1.29, 1.82) is 0 Å². The molecule has 2 aromatic carbocycles. The molecule has 156 valence electrons. The monoisotopic (exact) mass is 427 g/mol. The van der Waals surface area contributed by atoms with Gasteiger partial charge in [0.25, 0.3) is 5.91 Å². The lowest BCUT2D eigenvalue weighted by Gasteiger charge is -2.36. The molecule has 7 nitrogen and oxygen atoms in total. The van der Waals surface area contributed by atoms with Crippen LogP contribution in [0.15, 0.2) is 42.5 Å². The Morgan fingerprint density at radius 3 is 2.60 bits per heavy atom. The molecule has 0 radical (unpaired) electrons. The van der Waals surface area contributed by atoms with Gasteiger partial charge in [0, 0.05) is 24.0 Å². The summed E-state index contributed by atoms with van der Waals surface area (Å²) in [5.41, 5.74) is 1.77. The van der Waals surface area contributed by atoms with E-state index in [1.165, 1.54) is 7.11 Å². The van der Waals surface area contributed by atoms with E-state index in [9.17, 15) is 14.4 Å².